The molecule has 0 amide bonds. The summed E-state index contributed by atoms with van der Waals surface area (Å²) in [7, 11) is 0. The lowest BCUT2D eigenvalue weighted by molar-refractivity contribution is -0.139. The molecule has 5 heteroatoms. The van der Waals surface area contributed by atoms with Crippen LogP contribution in [0, 0.1) is 17.6 Å². The van der Waals surface area contributed by atoms with Crippen molar-refractivity contribution in [2.45, 2.75) is 25.8 Å². The van der Waals surface area contributed by atoms with E-state index in [2.05, 4.69) is 6.58 Å². The van der Waals surface area contributed by atoms with Gasteiger partial charge in [-0.15, -0.1) is 0 Å². The van der Waals surface area contributed by atoms with E-state index >= 15 is 0 Å². The van der Waals surface area contributed by atoms with Crippen molar-refractivity contribution < 1.29 is 18.3 Å². The van der Waals surface area contributed by atoms with Gasteiger partial charge in [-0.25, -0.2) is 8.78 Å². The van der Waals surface area contributed by atoms with E-state index in [9.17, 15) is 13.6 Å². The number of halogens is 2. The summed E-state index contributed by atoms with van der Waals surface area (Å²) in [6.07, 6.45) is 0.699. The van der Waals surface area contributed by atoms with Gasteiger partial charge in [-0.3, -0.25) is 4.79 Å². The average Bonchev–Trinajstić information content (AvgIpc) is 2.69. The molecule has 0 bridgehead atoms. The first-order valence-corrected chi connectivity index (χ1v) is 8.13. The van der Waals surface area contributed by atoms with Crippen LogP contribution in [0.15, 0.2) is 60.9 Å². The number of benzene rings is 2. The third kappa shape index (κ3) is 3.87. The Balaban J connectivity index is 2.06. The molecule has 3 nitrogen and oxygen atoms in total. The van der Waals surface area contributed by atoms with Crippen LogP contribution < -0.4 is 4.90 Å². The third-order valence-corrected chi connectivity index (χ3v) is 4.38. The molecule has 2 aromatic rings. The van der Waals surface area contributed by atoms with Gasteiger partial charge in [0, 0.05) is 23.8 Å². The van der Waals surface area contributed by atoms with Gasteiger partial charge in [-0.2, -0.15) is 0 Å². The zero-order valence-corrected chi connectivity index (χ0v) is 13.9. The van der Waals surface area contributed by atoms with Gasteiger partial charge in [0.2, 0.25) is 0 Å². The molecule has 0 spiro atoms. The fourth-order valence-corrected chi connectivity index (χ4v) is 3.16. The third-order valence-electron chi connectivity index (χ3n) is 4.38. The number of cyclic esters (lactones) is 1. The number of hydrogen-bond acceptors (Lipinski definition) is 3. The van der Waals surface area contributed by atoms with Gasteiger partial charge < -0.3 is 9.64 Å². The summed E-state index contributed by atoms with van der Waals surface area (Å²) in [5.74, 6) is -0.604. The Morgan fingerprint density at radius 3 is 1.92 bits per heavy atom. The highest BCUT2D eigenvalue weighted by Crippen LogP contribution is 2.36. The highest BCUT2D eigenvalue weighted by molar-refractivity contribution is 5.72. The zero-order chi connectivity index (χ0) is 18.0. The summed E-state index contributed by atoms with van der Waals surface area (Å²) in [6, 6.07) is 12.1. The second-order valence-electron chi connectivity index (χ2n) is 6.29. The minimum absolute atomic E-state index is 0.0261. The lowest BCUT2D eigenvalue weighted by atomic mass is 9.93. The smallest absolute Gasteiger partial charge is 0.311 e. The molecule has 1 aliphatic heterocycles. The van der Waals surface area contributed by atoms with E-state index in [0.717, 1.165) is 11.4 Å². The van der Waals surface area contributed by atoms with Gasteiger partial charge in [0.25, 0.3) is 0 Å². The lowest BCUT2D eigenvalue weighted by Crippen LogP contribution is -2.36. The van der Waals surface area contributed by atoms with Crippen molar-refractivity contribution >= 4 is 17.3 Å². The monoisotopic (exact) mass is 343 g/mol. The number of carbonyl (C=O) groups is 1. The molecular weight excluding hydrogens is 324 g/mol. The minimum atomic E-state index is -0.334. The molecule has 130 valence electrons. The van der Waals surface area contributed by atoms with E-state index in [1.807, 2.05) is 11.8 Å². The van der Waals surface area contributed by atoms with Crippen molar-refractivity contribution in [3.63, 3.8) is 0 Å². The summed E-state index contributed by atoms with van der Waals surface area (Å²) in [5.41, 5.74) is 1.51. The molecule has 2 atom stereocenters. The highest BCUT2D eigenvalue weighted by atomic mass is 19.1. The van der Waals surface area contributed by atoms with Gasteiger partial charge in [0.1, 0.15) is 17.4 Å². The van der Waals surface area contributed by atoms with Crippen molar-refractivity contribution in [3.8, 4) is 0 Å². The highest BCUT2D eigenvalue weighted by Gasteiger charge is 2.32. The fourth-order valence-electron chi connectivity index (χ4n) is 3.16. The summed E-state index contributed by atoms with van der Waals surface area (Å²) in [5, 5.41) is 0. The number of ether oxygens (including phenoxy) is 1. The predicted molar refractivity (Wildman–Crippen MR) is 92.4 cm³/mol. The first-order valence-electron chi connectivity index (χ1n) is 8.13. The zero-order valence-electron chi connectivity index (χ0n) is 13.9. The van der Waals surface area contributed by atoms with Crippen molar-refractivity contribution in [1.29, 1.82) is 0 Å². The molecule has 25 heavy (non-hydrogen) atoms. The molecule has 0 saturated carbocycles. The largest absolute Gasteiger partial charge is 0.432 e. The van der Waals surface area contributed by atoms with Crippen LogP contribution in [-0.2, 0) is 9.53 Å². The molecule has 1 heterocycles. The Morgan fingerprint density at radius 2 is 1.44 bits per heavy atom. The summed E-state index contributed by atoms with van der Waals surface area (Å²) >= 11 is 0. The van der Waals surface area contributed by atoms with E-state index in [1.165, 1.54) is 24.3 Å². The van der Waals surface area contributed by atoms with E-state index in [-0.39, 0.29) is 36.0 Å². The second-order valence-corrected chi connectivity index (χ2v) is 6.29. The van der Waals surface area contributed by atoms with Crippen LogP contribution in [0.2, 0.25) is 0 Å². The number of carbonyl (C=O) groups excluding carboxylic acids is 1. The number of nitrogens with zero attached hydrogens (tertiary/aromatic N) is 1. The summed E-state index contributed by atoms with van der Waals surface area (Å²) < 4.78 is 31.9. The van der Waals surface area contributed by atoms with Crippen LogP contribution in [0.25, 0.3) is 0 Å². The SMILES string of the molecule is C=C1C[C@H](N(c2ccc(F)cc2)c2ccc(F)cc2)C(C)CC(=O)O1. The normalized spacial score (nSPS) is 20.8. The van der Waals surface area contributed by atoms with Crippen molar-refractivity contribution in [1.82, 2.24) is 0 Å². The van der Waals surface area contributed by atoms with Crippen molar-refractivity contribution in [2.75, 3.05) is 4.90 Å². The summed E-state index contributed by atoms with van der Waals surface area (Å²) in [6.45, 7) is 5.78. The quantitative estimate of drug-likeness (QED) is 0.738. The number of anilines is 2. The molecule has 1 saturated heterocycles. The molecule has 1 aliphatic rings. The van der Waals surface area contributed by atoms with Gasteiger partial charge >= 0.3 is 5.97 Å². The van der Waals surface area contributed by atoms with E-state index in [1.54, 1.807) is 24.3 Å². The Bertz CT molecular complexity index is 726. The number of hydrogen-bond donors (Lipinski definition) is 0. The van der Waals surface area contributed by atoms with Crippen LogP contribution in [0.1, 0.15) is 19.8 Å². The van der Waals surface area contributed by atoms with Crippen LogP contribution in [0.4, 0.5) is 20.2 Å². The van der Waals surface area contributed by atoms with Crippen LogP contribution >= 0.6 is 0 Å². The molecule has 0 N–H and O–H groups in total. The van der Waals surface area contributed by atoms with Crippen LogP contribution in [0.5, 0.6) is 0 Å². The number of esters is 1. The van der Waals surface area contributed by atoms with Crippen molar-refractivity contribution in [2.24, 2.45) is 5.92 Å². The molecule has 1 fully saturated rings. The molecule has 0 aliphatic carbocycles. The van der Waals surface area contributed by atoms with Gasteiger partial charge in [-0.05, 0) is 54.4 Å². The number of rotatable bonds is 3. The van der Waals surface area contributed by atoms with E-state index in [4.69, 9.17) is 4.74 Å². The van der Waals surface area contributed by atoms with Gasteiger partial charge in [0.15, 0.2) is 0 Å². The van der Waals surface area contributed by atoms with Crippen LogP contribution in [0.3, 0.4) is 0 Å². The first-order chi connectivity index (χ1) is 11.9. The van der Waals surface area contributed by atoms with Gasteiger partial charge in [0.05, 0.1) is 6.42 Å². The Kier molecular flexibility index (Phi) is 4.83. The maximum atomic E-state index is 13.4. The van der Waals surface area contributed by atoms with Crippen molar-refractivity contribution in [3.05, 3.63) is 72.5 Å². The Hall–Kier alpha value is -2.69. The summed E-state index contributed by atoms with van der Waals surface area (Å²) in [4.78, 5) is 13.8. The van der Waals surface area contributed by atoms with Gasteiger partial charge in [-0.1, -0.05) is 13.5 Å². The van der Waals surface area contributed by atoms with E-state index < -0.39 is 0 Å². The lowest BCUT2D eigenvalue weighted by Gasteiger charge is -2.36. The second kappa shape index (κ2) is 7.05. The Morgan fingerprint density at radius 1 is 0.960 bits per heavy atom. The topological polar surface area (TPSA) is 29.5 Å². The molecule has 1 unspecified atom stereocenters. The predicted octanol–water partition coefficient (Wildman–Crippen LogP) is 4.96. The van der Waals surface area contributed by atoms with Crippen LogP contribution in [-0.4, -0.2) is 12.0 Å². The molecule has 0 aromatic heterocycles. The van der Waals surface area contributed by atoms with E-state index in [0.29, 0.717) is 12.2 Å². The molecular formula is C20H19F2NO2. The average molecular weight is 343 g/mol. The minimum Gasteiger partial charge on any atom is -0.432 e. The molecule has 0 radical (unpaired) electrons. The molecule has 3 rings (SSSR count). The molecule has 2 aromatic carbocycles. The fraction of sp³-hybridized carbons (Fsp3) is 0.250. The maximum Gasteiger partial charge on any atom is 0.311 e. The maximum absolute atomic E-state index is 13.4. The standard InChI is InChI=1S/C20H19F2NO2/c1-13-11-20(24)25-14(2)12-19(13)23(17-7-3-15(21)4-8-17)18-9-5-16(22)6-10-18/h3-10,13,19H,2,11-12H2,1H3/t13?,19-/m0/s1. The Labute approximate surface area is 145 Å². The first kappa shape index (κ1) is 17.1.